The van der Waals surface area contributed by atoms with Crippen LogP contribution in [0.25, 0.3) is 0 Å². The highest BCUT2D eigenvalue weighted by molar-refractivity contribution is 5.93. The smallest absolute Gasteiger partial charge is 0.228 e. The van der Waals surface area contributed by atoms with Gasteiger partial charge in [0.15, 0.2) is 0 Å². The number of rotatable bonds is 7. The van der Waals surface area contributed by atoms with Gasteiger partial charge in [-0.25, -0.2) is 0 Å². The molecule has 1 amide bonds. The number of ether oxygens (including phenoxy) is 2. The average molecular weight is 405 g/mol. The fourth-order valence-corrected chi connectivity index (χ4v) is 3.74. The predicted octanol–water partition coefficient (Wildman–Crippen LogP) is 4.09. The van der Waals surface area contributed by atoms with Crippen LogP contribution in [0.5, 0.6) is 11.5 Å². The molecule has 6 nitrogen and oxygen atoms in total. The topological polar surface area (TPSA) is 65.4 Å². The molecule has 0 spiro atoms. The second-order valence-corrected chi connectivity index (χ2v) is 7.61. The maximum atomic E-state index is 12.6. The molecule has 3 aromatic rings. The Hall–Kier alpha value is -3.28. The molecule has 0 bridgehead atoms. The van der Waals surface area contributed by atoms with Crippen LogP contribution in [0, 0.1) is 13.8 Å². The summed E-state index contributed by atoms with van der Waals surface area (Å²) in [7, 11) is 0. The Morgan fingerprint density at radius 1 is 1.20 bits per heavy atom. The van der Waals surface area contributed by atoms with Crippen molar-refractivity contribution >= 4 is 11.6 Å². The molecule has 0 saturated heterocycles. The quantitative estimate of drug-likeness (QED) is 0.643. The summed E-state index contributed by atoms with van der Waals surface area (Å²) in [5.74, 6) is 1.53. The maximum absolute atomic E-state index is 12.6. The molecule has 156 valence electrons. The monoisotopic (exact) mass is 405 g/mol. The van der Waals surface area contributed by atoms with E-state index in [1.165, 1.54) is 5.56 Å². The molecular formula is C24H27N3O3. The number of amides is 1. The van der Waals surface area contributed by atoms with Gasteiger partial charge in [0.05, 0.1) is 31.0 Å². The summed E-state index contributed by atoms with van der Waals surface area (Å²) in [6.45, 7) is 5.90. The lowest BCUT2D eigenvalue weighted by Gasteiger charge is -2.18. The Kier molecular flexibility index (Phi) is 6.02. The third-order valence-corrected chi connectivity index (χ3v) is 5.16. The number of anilines is 1. The number of para-hydroxylation sites is 2. The molecule has 1 aliphatic heterocycles. The van der Waals surface area contributed by atoms with E-state index in [0.717, 1.165) is 42.1 Å². The summed E-state index contributed by atoms with van der Waals surface area (Å²) in [5, 5.41) is 7.43. The number of benzene rings is 2. The van der Waals surface area contributed by atoms with Crippen molar-refractivity contribution < 1.29 is 14.3 Å². The van der Waals surface area contributed by atoms with Gasteiger partial charge >= 0.3 is 0 Å². The predicted molar refractivity (Wildman–Crippen MR) is 116 cm³/mol. The van der Waals surface area contributed by atoms with Crippen LogP contribution >= 0.6 is 0 Å². The minimum absolute atomic E-state index is 0.0683. The normalized spacial score (nSPS) is 12.7. The second-order valence-electron chi connectivity index (χ2n) is 7.61. The summed E-state index contributed by atoms with van der Waals surface area (Å²) in [6, 6.07) is 15.6. The highest BCUT2D eigenvalue weighted by atomic mass is 16.5. The third-order valence-electron chi connectivity index (χ3n) is 5.16. The number of nitrogens with one attached hydrogen (secondary N) is 1. The molecule has 1 N–H and O–H groups in total. The van der Waals surface area contributed by atoms with Gasteiger partial charge in [0.2, 0.25) is 5.91 Å². The molecule has 1 aliphatic rings. The first-order chi connectivity index (χ1) is 14.6. The van der Waals surface area contributed by atoms with E-state index < -0.39 is 0 Å². The Morgan fingerprint density at radius 2 is 2.07 bits per heavy atom. The molecule has 1 aromatic heterocycles. The Balaban J connectivity index is 1.36. The second kappa shape index (κ2) is 9.03. The first kappa shape index (κ1) is 20.0. The zero-order chi connectivity index (χ0) is 20.9. The van der Waals surface area contributed by atoms with Crippen molar-refractivity contribution in [2.24, 2.45) is 0 Å². The summed E-state index contributed by atoms with van der Waals surface area (Å²) in [5.41, 5.74) is 4.94. The van der Waals surface area contributed by atoms with Gasteiger partial charge in [-0.05, 0) is 62.1 Å². The standard InChI is InChI=1S/C24H27N3O3/c1-17-14-18(2)27(26-17)11-13-30-23-8-4-3-7-21(23)25-24(28)16-19-9-10-22-20(15-19)6-5-12-29-22/h3-4,7-10,14-15H,5-6,11-13,16H2,1-2H3,(H,25,28). The molecule has 6 heteroatoms. The van der Waals surface area contributed by atoms with Gasteiger partial charge in [0, 0.05) is 5.69 Å². The molecular weight excluding hydrogens is 378 g/mol. The van der Waals surface area contributed by atoms with E-state index in [1.807, 2.05) is 61.0 Å². The summed E-state index contributed by atoms with van der Waals surface area (Å²) < 4.78 is 13.5. The molecule has 4 rings (SSSR count). The van der Waals surface area contributed by atoms with E-state index in [9.17, 15) is 4.79 Å². The number of aryl methyl sites for hydroxylation is 3. The third kappa shape index (κ3) is 4.82. The van der Waals surface area contributed by atoms with Crippen molar-refractivity contribution in [1.82, 2.24) is 9.78 Å². The number of hydrogen-bond donors (Lipinski definition) is 1. The van der Waals surface area contributed by atoms with Crippen molar-refractivity contribution in [2.75, 3.05) is 18.5 Å². The Labute approximate surface area is 176 Å². The van der Waals surface area contributed by atoms with Gasteiger partial charge in [0.25, 0.3) is 0 Å². The van der Waals surface area contributed by atoms with Gasteiger partial charge in [-0.15, -0.1) is 0 Å². The van der Waals surface area contributed by atoms with Crippen LogP contribution in [0.15, 0.2) is 48.5 Å². The number of aromatic nitrogens is 2. The first-order valence-electron chi connectivity index (χ1n) is 10.4. The van der Waals surface area contributed by atoms with Gasteiger partial charge in [-0.1, -0.05) is 24.3 Å². The Bertz CT molecular complexity index is 1040. The van der Waals surface area contributed by atoms with E-state index >= 15 is 0 Å². The highest BCUT2D eigenvalue weighted by Gasteiger charge is 2.13. The van der Waals surface area contributed by atoms with Crippen LogP contribution in [0.2, 0.25) is 0 Å². The van der Waals surface area contributed by atoms with Crippen LogP contribution in [0.1, 0.15) is 28.9 Å². The van der Waals surface area contributed by atoms with E-state index in [2.05, 4.69) is 16.5 Å². The summed E-state index contributed by atoms with van der Waals surface area (Å²) in [4.78, 5) is 12.6. The highest BCUT2D eigenvalue weighted by Crippen LogP contribution is 2.27. The minimum Gasteiger partial charge on any atom is -0.493 e. The van der Waals surface area contributed by atoms with Crippen LogP contribution < -0.4 is 14.8 Å². The molecule has 2 aromatic carbocycles. The van der Waals surface area contributed by atoms with E-state index in [1.54, 1.807) is 0 Å². The molecule has 0 fully saturated rings. The average Bonchev–Trinajstić information content (AvgIpc) is 3.06. The minimum atomic E-state index is -0.0683. The molecule has 30 heavy (non-hydrogen) atoms. The lowest BCUT2D eigenvalue weighted by molar-refractivity contribution is -0.115. The van der Waals surface area contributed by atoms with Crippen LogP contribution in [0.3, 0.4) is 0 Å². The van der Waals surface area contributed by atoms with Gasteiger partial charge in [-0.3, -0.25) is 9.48 Å². The van der Waals surface area contributed by atoms with E-state index in [0.29, 0.717) is 31.0 Å². The number of hydrogen-bond acceptors (Lipinski definition) is 4. The van der Waals surface area contributed by atoms with Crippen LogP contribution in [0.4, 0.5) is 5.69 Å². The molecule has 0 atom stereocenters. The van der Waals surface area contributed by atoms with Crippen molar-refractivity contribution in [3.8, 4) is 11.5 Å². The lowest BCUT2D eigenvalue weighted by atomic mass is 10.0. The summed E-state index contributed by atoms with van der Waals surface area (Å²) >= 11 is 0. The molecule has 0 radical (unpaired) electrons. The van der Waals surface area contributed by atoms with Crippen molar-refractivity contribution in [1.29, 1.82) is 0 Å². The van der Waals surface area contributed by atoms with E-state index in [-0.39, 0.29) is 5.91 Å². The number of carbonyl (C=O) groups is 1. The maximum Gasteiger partial charge on any atom is 0.228 e. The molecule has 0 aliphatic carbocycles. The van der Waals surface area contributed by atoms with Crippen LogP contribution in [-0.2, 0) is 24.2 Å². The fraction of sp³-hybridized carbons (Fsp3) is 0.333. The SMILES string of the molecule is Cc1cc(C)n(CCOc2ccccc2NC(=O)Cc2ccc3c(c2)CCCO3)n1. The van der Waals surface area contributed by atoms with Crippen molar-refractivity contribution in [3.05, 3.63) is 71.0 Å². The van der Waals surface area contributed by atoms with Gasteiger partial charge in [-0.2, -0.15) is 5.10 Å². The van der Waals surface area contributed by atoms with Crippen molar-refractivity contribution in [2.45, 2.75) is 39.7 Å². The van der Waals surface area contributed by atoms with Gasteiger partial charge < -0.3 is 14.8 Å². The summed E-state index contributed by atoms with van der Waals surface area (Å²) in [6.07, 6.45) is 2.33. The zero-order valence-corrected chi connectivity index (χ0v) is 17.5. The number of nitrogens with zero attached hydrogens (tertiary/aromatic N) is 2. The Morgan fingerprint density at radius 3 is 2.90 bits per heavy atom. The molecule has 2 heterocycles. The largest absolute Gasteiger partial charge is 0.493 e. The fourth-order valence-electron chi connectivity index (χ4n) is 3.74. The molecule has 0 unspecified atom stereocenters. The number of carbonyl (C=O) groups excluding carboxylic acids is 1. The van der Waals surface area contributed by atoms with Crippen molar-refractivity contribution in [3.63, 3.8) is 0 Å². The lowest BCUT2D eigenvalue weighted by Crippen LogP contribution is -2.17. The van der Waals surface area contributed by atoms with Crippen LogP contribution in [-0.4, -0.2) is 28.9 Å². The van der Waals surface area contributed by atoms with E-state index in [4.69, 9.17) is 9.47 Å². The number of fused-ring (bicyclic) bond motifs is 1. The molecule has 0 saturated carbocycles. The van der Waals surface area contributed by atoms with Gasteiger partial charge in [0.1, 0.15) is 18.1 Å². The first-order valence-corrected chi connectivity index (χ1v) is 10.4. The zero-order valence-electron chi connectivity index (χ0n) is 17.5.